The summed E-state index contributed by atoms with van der Waals surface area (Å²) in [5.41, 5.74) is 0.879. The van der Waals surface area contributed by atoms with Gasteiger partial charge in [-0.05, 0) is 37.3 Å². The number of likely N-dealkylation sites (N-methyl/N-ethyl adjacent to an activating group) is 1. The van der Waals surface area contributed by atoms with Crippen LogP contribution in [0.2, 0.25) is 0 Å². The SMILES string of the molecule is C=CCn1c(SCC(=O)N(C)CCOc2ccc(Br)cc2)nnc1-c1ccoc1C. The number of halogens is 1. The summed E-state index contributed by atoms with van der Waals surface area (Å²) in [6.07, 6.45) is 3.40. The smallest absolute Gasteiger partial charge is 0.232 e. The summed E-state index contributed by atoms with van der Waals surface area (Å²) in [5, 5.41) is 9.21. The van der Waals surface area contributed by atoms with Crippen LogP contribution in [0.5, 0.6) is 5.75 Å². The first-order valence-corrected chi connectivity index (χ1v) is 11.1. The summed E-state index contributed by atoms with van der Waals surface area (Å²) in [6, 6.07) is 9.46. The molecule has 2 aromatic heterocycles. The molecule has 0 atom stereocenters. The summed E-state index contributed by atoms with van der Waals surface area (Å²) in [5.74, 6) is 2.49. The highest BCUT2D eigenvalue weighted by Gasteiger charge is 2.18. The molecule has 0 aliphatic heterocycles. The number of benzene rings is 1. The number of ether oxygens (including phenoxy) is 1. The topological polar surface area (TPSA) is 73.4 Å². The normalized spacial score (nSPS) is 10.8. The Morgan fingerprint density at radius 2 is 2.10 bits per heavy atom. The van der Waals surface area contributed by atoms with Crippen molar-refractivity contribution in [3.63, 3.8) is 0 Å². The molecule has 0 bridgehead atoms. The van der Waals surface area contributed by atoms with Crippen molar-refractivity contribution in [1.82, 2.24) is 19.7 Å². The number of furan rings is 1. The number of allylic oxidation sites excluding steroid dienone is 1. The van der Waals surface area contributed by atoms with E-state index in [4.69, 9.17) is 9.15 Å². The number of hydrogen-bond donors (Lipinski definition) is 0. The lowest BCUT2D eigenvalue weighted by atomic mass is 10.2. The summed E-state index contributed by atoms with van der Waals surface area (Å²) in [6.45, 7) is 7.14. The van der Waals surface area contributed by atoms with Crippen LogP contribution in [-0.4, -0.2) is 51.5 Å². The molecule has 0 saturated carbocycles. The Labute approximate surface area is 188 Å². The molecule has 9 heteroatoms. The minimum absolute atomic E-state index is 0.00593. The second-order valence-corrected chi connectivity index (χ2v) is 8.36. The highest BCUT2D eigenvalue weighted by atomic mass is 79.9. The molecule has 7 nitrogen and oxygen atoms in total. The third kappa shape index (κ3) is 5.54. The Hall–Kier alpha value is -2.52. The van der Waals surface area contributed by atoms with Crippen LogP contribution in [0, 0.1) is 6.92 Å². The molecule has 0 unspecified atom stereocenters. The Morgan fingerprint density at radius 1 is 1.33 bits per heavy atom. The van der Waals surface area contributed by atoms with E-state index in [0.717, 1.165) is 21.5 Å². The average molecular weight is 491 g/mol. The summed E-state index contributed by atoms with van der Waals surface area (Å²) < 4.78 is 14.0. The van der Waals surface area contributed by atoms with Gasteiger partial charge in [-0.3, -0.25) is 9.36 Å². The molecule has 30 heavy (non-hydrogen) atoms. The Kier molecular flexibility index (Phi) is 7.75. The standard InChI is InChI=1S/C21H23BrN4O3S/c1-4-10-26-20(18-9-12-28-15(18)2)23-24-21(26)30-14-19(27)25(3)11-13-29-17-7-5-16(22)6-8-17/h4-9,12H,1,10-11,13-14H2,2-3H3. The third-order valence-corrected chi connectivity index (χ3v) is 5.87. The molecule has 1 amide bonds. The Bertz CT molecular complexity index is 1000. The number of carbonyl (C=O) groups is 1. The molecule has 0 aliphatic carbocycles. The van der Waals surface area contributed by atoms with Gasteiger partial charge in [0.15, 0.2) is 11.0 Å². The van der Waals surface area contributed by atoms with Crippen LogP contribution in [0.4, 0.5) is 0 Å². The van der Waals surface area contributed by atoms with Crippen molar-refractivity contribution in [3.8, 4) is 17.1 Å². The predicted molar refractivity (Wildman–Crippen MR) is 121 cm³/mol. The first-order valence-electron chi connectivity index (χ1n) is 9.33. The van der Waals surface area contributed by atoms with Crippen LogP contribution >= 0.6 is 27.7 Å². The molecule has 0 spiro atoms. The molecule has 1 aromatic carbocycles. The highest BCUT2D eigenvalue weighted by molar-refractivity contribution is 9.10. The van der Waals surface area contributed by atoms with E-state index in [1.807, 2.05) is 41.8 Å². The molecule has 0 aliphatic rings. The number of nitrogens with zero attached hydrogens (tertiary/aromatic N) is 4. The molecule has 3 aromatic rings. The fourth-order valence-corrected chi connectivity index (χ4v) is 3.85. The van der Waals surface area contributed by atoms with E-state index in [1.54, 1.807) is 24.3 Å². The highest BCUT2D eigenvalue weighted by Crippen LogP contribution is 2.27. The largest absolute Gasteiger partial charge is 0.492 e. The number of aromatic nitrogens is 3. The van der Waals surface area contributed by atoms with Crippen molar-refractivity contribution >= 4 is 33.6 Å². The van der Waals surface area contributed by atoms with Gasteiger partial charge in [0.1, 0.15) is 18.1 Å². The number of carbonyl (C=O) groups excluding carboxylic acids is 1. The Morgan fingerprint density at radius 3 is 2.77 bits per heavy atom. The fourth-order valence-electron chi connectivity index (χ4n) is 2.70. The number of hydrogen-bond acceptors (Lipinski definition) is 6. The molecule has 2 heterocycles. The van der Waals surface area contributed by atoms with Crippen LogP contribution in [-0.2, 0) is 11.3 Å². The summed E-state index contributed by atoms with van der Waals surface area (Å²) in [4.78, 5) is 14.2. The predicted octanol–water partition coefficient (Wildman–Crippen LogP) is 4.42. The zero-order valence-electron chi connectivity index (χ0n) is 16.9. The summed E-state index contributed by atoms with van der Waals surface area (Å²) in [7, 11) is 1.77. The maximum atomic E-state index is 12.5. The molecule has 0 N–H and O–H groups in total. The lowest BCUT2D eigenvalue weighted by molar-refractivity contribution is -0.127. The summed E-state index contributed by atoms with van der Waals surface area (Å²) >= 11 is 4.74. The van der Waals surface area contributed by atoms with E-state index in [2.05, 4.69) is 32.7 Å². The molecule has 0 saturated heterocycles. The van der Waals surface area contributed by atoms with Gasteiger partial charge in [-0.1, -0.05) is 33.8 Å². The van der Waals surface area contributed by atoms with Gasteiger partial charge in [0.25, 0.3) is 0 Å². The lowest BCUT2D eigenvalue weighted by Crippen LogP contribution is -2.32. The first kappa shape index (κ1) is 22.2. The van der Waals surface area contributed by atoms with Crippen LogP contribution in [0.1, 0.15) is 5.76 Å². The first-order chi connectivity index (χ1) is 14.5. The van der Waals surface area contributed by atoms with Gasteiger partial charge in [-0.25, -0.2) is 0 Å². The lowest BCUT2D eigenvalue weighted by Gasteiger charge is -2.17. The van der Waals surface area contributed by atoms with Crippen molar-refractivity contribution in [2.75, 3.05) is 26.0 Å². The van der Waals surface area contributed by atoms with Gasteiger partial charge in [0.2, 0.25) is 5.91 Å². The zero-order chi connectivity index (χ0) is 21.5. The van der Waals surface area contributed by atoms with E-state index in [0.29, 0.717) is 30.7 Å². The van der Waals surface area contributed by atoms with Crippen molar-refractivity contribution in [2.45, 2.75) is 18.6 Å². The van der Waals surface area contributed by atoms with Gasteiger partial charge in [0, 0.05) is 18.1 Å². The quantitative estimate of drug-likeness (QED) is 0.309. The van der Waals surface area contributed by atoms with E-state index < -0.39 is 0 Å². The van der Waals surface area contributed by atoms with Crippen LogP contribution in [0.3, 0.4) is 0 Å². The van der Waals surface area contributed by atoms with Crippen molar-refractivity contribution < 1.29 is 13.9 Å². The van der Waals surface area contributed by atoms with Gasteiger partial charge < -0.3 is 14.1 Å². The second kappa shape index (κ2) is 10.5. The van der Waals surface area contributed by atoms with Gasteiger partial charge in [-0.2, -0.15) is 0 Å². The molecule has 158 valence electrons. The van der Waals surface area contributed by atoms with Crippen molar-refractivity contribution in [2.24, 2.45) is 0 Å². The zero-order valence-corrected chi connectivity index (χ0v) is 19.3. The number of rotatable bonds is 10. The molecule has 3 rings (SSSR count). The minimum Gasteiger partial charge on any atom is -0.492 e. The average Bonchev–Trinajstić information content (AvgIpc) is 3.33. The molecular weight excluding hydrogens is 468 g/mol. The van der Waals surface area contributed by atoms with E-state index in [1.165, 1.54) is 11.8 Å². The maximum absolute atomic E-state index is 12.5. The van der Waals surface area contributed by atoms with Crippen LogP contribution in [0.15, 0.2) is 63.3 Å². The van der Waals surface area contributed by atoms with Crippen molar-refractivity contribution in [1.29, 1.82) is 0 Å². The minimum atomic E-state index is -0.00593. The Balaban J connectivity index is 1.54. The van der Waals surface area contributed by atoms with Gasteiger partial charge >= 0.3 is 0 Å². The third-order valence-electron chi connectivity index (χ3n) is 4.39. The molecule has 0 fully saturated rings. The monoisotopic (exact) mass is 490 g/mol. The number of thioether (sulfide) groups is 1. The molecular formula is C21H23BrN4O3S. The van der Waals surface area contributed by atoms with Crippen molar-refractivity contribution in [3.05, 3.63) is 59.5 Å². The van der Waals surface area contributed by atoms with Crippen LogP contribution in [0.25, 0.3) is 11.4 Å². The van der Waals surface area contributed by atoms with Gasteiger partial charge in [-0.15, -0.1) is 16.8 Å². The van der Waals surface area contributed by atoms with Gasteiger partial charge in [0.05, 0.1) is 24.1 Å². The number of aryl methyl sites for hydroxylation is 1. The van der Waals surface area contributed by atoms with E-state index in [-0.39, 0.29) is 11.7 Å². The van der Waals surface area contributed by atoms with E-state index in [9.17, 15) is 4.79 Å². The second-order valence-electron chi connectivity index (χ2n) is 6.50. The number of amides is 1. The van der Waals surface area contributed by atoms with E-state index >= 15 is 0 Å². The maximum Gasteiger partial charge on any atom is 0.232 e. The van der Waals surface area contributed by atoms with Crippen LogP contribution < -0.4 is 4.74 Å². The molecule has 0 radical (unpaired) electrons. The fraction of sp³-hybridized carbons (Fsp3) is 0.286.